The Balaban J connectivity index is 2.08. The third-order valence-corrected chi connectivity index (χ3v) is 3.87. The van der Waals surface area contributed by atoms with Crippen molar-refractivity contribution in [2.75, 3.05) is 18.5 Å². The summed E-state index contributed by atoms with van der Waals surface area (Å²) >= 11 is 1.66. The third-order valence-electron chi connectivity index (χ3n) is 2.93. The van der Waals surface area contributed by atoms with Gasteiger partial charge in [-0.3, -0.25) is 10.1 Å². The Morgan fingerprint density at radius 2 is 2.19 bits per heavy atom. The van der Waals surface area contributed by atoms with Crippen molar-refractivity contribution in [3.05, 3.63) is 50.7 Å². The Labute approximate surface area is 127 Å². The van der Waals surface area contributed by atoms with Crippen LogP contribution in [-0.4, -0.2) is 18.1 Å². The number of hydrogen-bond acceptors (Lipinski definition) is 5. The number of hydrogen-bond donors (Lipinski definition) is 1. The fourth-order valence-corrected chi connectivity index (χ4v) is 2.64. The van der Waals surface area contributed by atoms with Crippen LogP contribution >= 0.6 is 11.3 Å². The molecular weight excluding hydrogens is 288 g/mol. The maximum Gasteiger partial charge on any atom is 0.333 e. The molecule has 6 heteroatoms. The fourth-order valence-electron chi connectivity index (χ4n) is 1.95. The molecule has 2 aromatic rings. The van der Waals surface area contributed by atoms with Gasteiger partial charge in [0.25, 0.3) is 0 Å². The van der Waals surface area contributed by atoms with Gasteiger partial charge in [0.2, 0.25) is 0 Å². The number of para-hydroxylation sites is 1. The monoisotopic (exact) mass is 306 g/mol. The lowest BCUT2D eigenvalue weighted by Gasteiger charge is -2.10. The number of nitrogens with zero attached hydrogens (tertiary/aromatic N) is 1. The number of thiophene rings is 1. The average Bonchev–Trinajstić information content (AvgIpc) is 2.98. The van der Waals surface area contributed by atoms with Crippen LogP contribution in [0.5, 0.6) is 5.75 Å². The smallest absolute Gasteiger partial charge is 0.333 e. The lowest BCUT2D eigenvalue weighted by molar-refractivity contribution is -0.385. The van der Waals surface area contributed by atoms with E-state index in [9.17, 15) is 10.1 Å². The van der Waals surface area contributed by atoms with E-state index in [1.807, 2.05) is 24.4 Å². The summed E-state index contributed by atoms with van der Waals surface area (Å²) in [7, 11) is 0. The van der Waals surface area contributed by atoms with Gasteiger partial charge in [0.1, 0.15) is 5.69 Å². The first-order chi connectivity index (χ1) is 10.2. The van der Waals surface area contributed by atoms with Gasteiger partial charge in [0, 0.05) is 17.8 Å². The van der Waals surface area contributed by atoms with Crippen molar-refractivity contribution in [1.82, 2.24) is 0 Å². The zero-order chi connectivity index (χ0) is 15.1. The largest absolute Gasteiger partial charge is 0.486 e. The molecule has 0 saturated heterocycles. The summed E-state index contributed by atoms with van der Waals surface area (Å²) in [5.41, 5.74) is 0.521. The van der Waals surface area contributed by atoms with E-state index in [1.54, 1.807) is 29.5 Å². The van der Waals surface area contributed by atoms with E-state index in [-0.39, 0.29) is 5.69 Å². The number of nitrogens with one attached hydrogen (secondary N) is 1. The molecular formula is C15H18N2O3S. The normalized spacial score (nSPS) is 10.3. The highest BCUT2D eigenvalue weighted by molar-refractivity contribution is 7.09. The molecule has 0 unspecified atom stereocenters. The Bertz CT molecular complexity index is 585. The lowest BCUT2D eigenvalue weighted by atomic mass is 10.2. The van der Waals surface area contributed by atoms with E-state index in [4.69, 9.17) is 4.74 Å². The van der Waals surface area contributed by atoms with Gasteiger partial charge in [-0.25, -0.2) is 0 Å². The molecule has 0 bridgehead atoms. The highest BCUT2D eigenvalue weighted by Crippen LogP contribution is 2.34. The molecule has 0 fully saturated rings. The maximum atomic E-state index is 11.3. The van der Waals surface area contributed by atoms with E-state index >= 15 is 0 Å². The minimum absolute atomic E-state index is 0.0112. The Morgan fingerprint density at radius 1 is 1.33 bits per heavy atom. The number of nitro benzene ring substituents is 1. The highest BCUT2D eigenvalue weighted by Gasteiger charge is 2.20. The second kappa shape index (κ2) is 7.64. The Kier molecular flexibility index (Phi) is 5.57. The standard InChI is InChI=1S/C15H18N2O3S/c1-2-9-16-13-6-3-7-14(15(13)17(18)19)20-10-8-12-5-4-11-21-12/h3-7,11,16H,2,8-10H2,1H3. The van der Waals surface area contributed by atoms with Gasteiger partial charge in [0.05, 0.1) is 11.5 Å². The molecule has 1 heterocycles. The van der Waals surface area contributed by atoms with E-state index in [0.29, 0.717) is 24.6 Å². The van der Waals surface area contributed by atoms with Crippen LogP contribution < -0.4 is 10.1 Å². The highest BCUT2D eigenvalue weighted by atomic mass is 32.1. The number of nitro groups is 1. The van der Waals surface area contributed by atoms with E-state index in [0.717, 1.165) is 12.8 Å². The van der Waals surface area contributed by atoms with Crippen molar-refractivity contribution in [3.63, 3.8) is 0 Å². The van der Waals surface area contributed by atoms with Gasteiger partial charge < -0.3 is 10.1 Å². The molecule has 0 saturated carbocycles. The minimum atomic E-state index is -0.390. The summed E-state index contributed by atoms with van der Waals surface area (Å²) in [4.78, 5) is 12.1. The van der Waals surface area contributed by atoms with Crippen molar-refractivity contribution in [2.24, 2.45) is 0 Å². The quantitative estimate of drug-likeness (QED) is 0.589. The topological polar surface area (TPSA) is 64.4 Å². The van der Waals surface area contributed by atoms with Crippen molar-refractivity contribution in [1.29, 1.82) is 0 Å². The second-order valence-corrected chi connectivity index (χ2v) is 5.55. The molecule has 0 aliphatic rings. The van der Waals surface area contributed by atoms with Crippen LogP contribution in [0.3, 0.4) is 0 Å². The summed E-state index contributed by atoms with van der Waals surface area (Å²) in [6.45, 7) is 3.14. The van der Waals surface area contributed by atoms with Gasteiger partial charge in [-0.05, 0) is 30.0 Å². The summed E-state index contributed by atoms with van der Waals surface area (Å²) < 4.78 is 5.62. The molecule has 112 valence electrons. The molecule has 5 nitrogen and oxygen atoms in total. The average molecular weight is 306 g/mol. The molecule has 0 amide bonds. The van der Waals surface area contributed by atoms with Gasteiger partial charge in [0.15, 0.2) is 5.75 Å². The van der Waals surface area contributed by atoms with Gasteiger partial charge in [-0.15, -0.1) is 11.3 Å². The molecule has 21 heavy (non-hydrogen) atoms. The summed E-state index contributed by atoms with van der Waals surface area (Å²) in [5, 5.41) is 16.4. The van der Waals surface area contributed by atoms with Crippen LogP contribution in [0, 0.1) is 10.1 Å². The van der Waals surface area contributed by atoms with E-state index in [2.05, 4.69) is 5.32 Å². The van der Waals surface area contributed by atoms with Gasteiger partial charge >= 0.3 is 5.69 Å². The minimum Gasteiger partial charge on any atom is -0.486 e. The zero-order valence-electron chi connectivity index (χ0n) is 11.9. The molecule has 2 rings (SSSR count). The van der Waals surface area contributed by atoms with Crippen molar-refractivity contribution in [2.45, 2.75) is 19.8 Å². The van der Waals surface area contributed by atoms with Crippen LogP contribution in [0.1, 0.15) is 18.2 Å². The lowest BCUT2D eigenvalue weighted by Crippen LogP contribution is -2.07. The van der Waals surface area contributed by atoms with Gasteiger partial charge in [-0.2, -0.15) is 0 Å². The first-order valence-electron chi connectivity index (χ1n) is 6.88. The molecule has 1 N–H and O–H groups in total. The predicted molar refractivity (Wildman–Crippen MR) is 85.4 cm³/mol. The Hall–Kier alpha value is -2.08. The SMILES string of the molecule is CCCNc1cccc(OCCc2cccs2)c1[N+](=O)[O-]. The van der Waals surface area contributed by atoms with Crippen LogP contribution in [0.25, 0.3) is 0 Å². The van der Waals surface area contributed by atoms with E-state index in [1.165, 1.54) is 4.88 Å². The number of ether oxygens (including phenoxy) is 1. The van der Waals surface area contributed by atoms with Crippen LogP contribution in [0.4, 0.5) is 11.4 Å². The molecule has 0 radical (unpaired) electrons. The fraction of sp³-hybridized carbons (Fsp3) is 0.333. The van der Waals surface area contributed by atoms with Crippen molar-refractivity contribution < 1.29 is 9.66 Å². The predicted octanol–water partition coefficient (Wildman–Crippen LogP) is 4.10. The molecule has 0 aliphatic carbocycles. The number of anilines is 1. The zero-order valence-corrected chi connectivity index (χ0v) is 12.7. The number of rotatable bonds is 8. The van der Waals surface area contributed by atoms with Crippen LogP contribution in [0.2, 0.25) is 0 Å². The van der Waals surface area contributed by atoms with Crippen molar-refractivity contribution >= 4 is 22.7 Å². The third kappa shape index (κ3) is 4.19. The van der Waals surface area contributed by atoms with Crippen LogP contribution in [0.15, 0.2) is 35.7 Å². The summed E-state index contributed by atoms with van der Waals surface area (Å²) in [6, 6.07) is 9.13. The summed E-state index contributed by atoms with van der Waals surface area (Å²) in [6.07, 6.45) is 1.65. The first kappa shape index (κ1) is 15.3. The second-order valence-electron chi connectivity index (χ2n) is 4.51. The van der Waals surface area contributed by atoms with Crippen LogP contribution in [-0.2, 0) is 6.42 Å². The van der Waals surface area contributed by atoms with E-state index < -0.39 is 4.92 Å². The van der Waals surface area contributed by atoms with Gasteiger partial charge in [-0.1, -0.05) is 19.1 Å². The number of benzene rings is 1. The summed E-state index contributed by atoms with van der Waals surface area (Å²) in [5.74, 6) is 0.317. The van der Waals surface area contributed by atoms with Crippen molar-refractivity contribution in [3.8, 4) is 5.75 Å². The molecule has 0 atom stereocenters. The molecule has 0 spiro atoms. The molecule has 0 aliphatic heterocycles. The Morgan fingerprint density at radius 3 is 2.86 bits per heavy atom. The first-order valence-corrected chi connectivity index (χ1v) is 7.76. The maximum absolute atomic E-state index is 11.3. The molecule has 1 aromatic heterocycles. The molecule has 1 aromatic carbocycles.